The Morgan fingerprint density at radius 1 is 1.60 bits per heavy atom. The van der Waals surface area contributed by atoms with Crippen LogP contribution in [-0.2, 0) is 4.79 Å². The fraction of sp³-hybridized carbons (Fsp3) is 0.455. The molecule has 1 atom stereocenters. The summed E-state index contributed by atoms with van der Waals surface area (Å²) in [7, 11) is 1.83. The molecule has 0 aliphatic carbocycles. The van der Waals surface area contributed by atoms with Gasteiger partial charge in [0.05, 0.1) is 0 Å². The first-order valence-corrected chi connectivity index (χ1v) is 5.01. The number of nitrogens with zero attached hydrogens (tertiary/aromatic N) is 1. The molecule has 0 saturated carbocycles. The zero-order valence-electron chi connectivity index (χ0n) is 9.37. The van der Waals surface area contributed by atoms with Gasteiger partial charge in [0.2, 0.25) is 5.91 Å². The smallest absolute Gasteiger partial charge is 0.229 e. The van der Waals surface area contributed by atoms with Crippen LogP contribution in [0.25, 0.3) is 0 Å². The van der Waals surface area contributed by atoms with Crippen molar-refractivity contribution in [3.63, 3.8) is 0 Å². The molecule has 0 fully saturated rings. The van der Waals surface area contributed by atoms with Crippen LogP contribution in [0.4, 0.5) is 5.82 Å². The second kappa shape index (κ2) is 5.46. The van der Waals surface area contributed by atoms with E-state index in [1.807, 2.05) is 33.0 Å². The fourth-order valence-corrected chi connectivity index (χ4v) is 1.25. The predicted octanol–water partition coefficient (Wildman–Crippen LogP) is 1.18. The van der Waals surface area contributed by atoms with Gasteiger partial charge in [-0.25, -0.2) is 4.98 Å². The Bertz CT molecular complexity index is 338. The number of pyridine rings is 1. The molecular weight excluding hydrogens is 190 g/mol. The first-order valence-electron chi connectivity index (χ1n) is 5.01. The first kappa shape index (κ1) is 11.7. The van der Waals surface area contributed by atoms with Crippen LogP contribution in [0, 0.1) is 12.8 Å². The summed E-state index contributed by atoms with van der Waals surface area (Å²) in [5.41, 5.74) is 1.08. The number of rotatable bonds is 4. The number of hydrogen-bond acceptors (Lipinski definition) is 3. The van der Waals surface area contributed by atoms with E-state index in [0.29, 0.717) is 12.4 Å². The lowest BCUT2D eigenvalue weighted by Crippen LogP contribution is -2.28. The molecule has 0 radical (unpaired) electrons. The third-order valence-corrected chi connectivity index (χ3v) is 2.12. The number of nitrogens with one attached hydrogen (secondary N) is 2. The summed E-state index contributed by atoms with van der Waals surface area (Å²) in [5.74, 6) is 0.544. The summed E-state index contributed by atoms with van der Waals surface area (Å²) in [6.45, 7) is 4.51. The van der Waals surface area contributed by atoms with Gasteiger partial charge in [0, 0.05) is 18.7 Å². The van der Waals surface area contributed by atoms with Crippen LogP contribution in [0.5, 0.6) is 0 Å². The molecule has 0 spiro atoms. The number of aromatic nitrogens is 1. The fourth-order valence-electron chi connectivity index (χ4n) is 1.25. The van der Waals surface area contributed by atoms with E-state index in [0.717, 1.165) is 5.56 Å². The van der Waals surface area contributed by atoms with Crippen LogP contribution in [-0.4, -0.2) is 24.5 Å². The Morgan fingerprint density at radius 3 is 2.93 bits per heavy atom. The van der Waals surface area contributed by atoms with Crippen LogP contribution in [0.15, 0.2) is 18.3 Å². The Balaban J connectivity index is 2.58. The highest BCUT2D eigenvalue weighted by molar-refractivity contribution is 5.91. The molecule has 0 aliphatic rings. The van der Waals surface area contributed by atoms with Gasteiger partial charge in [-0.2, -0.15) is 0 Å². The van der Waals surface area contributed by atoms with E-state index in [1.54, 1.807) is 6.20 Å². The average molecular weight is 207 g/mol. The standard InChI is InChI=1S/C11H17N3O/c1-8-4-5-13-10(6-8)14-11(15)9(2)7-12-3/h4-6,9,12H,7H2,1-3H3,(H,13,14,15). The molecule has 15 heavy (non-hydrogen) atoms. The van der Waals surface area contributed by atoms with Gasteiger partial charge in [0.1, 0.15) is 5.82 Å². The van der Waals surface area contributed by atoms with Crippen LogP contribution in [0.3, 0.4) is 0 Å². The van der Waals surface area contributed by atoms with Gasteiger partial charge < -0.3 is 10.6 Å². The third-order valence-electron chi connectivity index (χ3n) is 2.12. The number of aryl methyl sites for hydroxylation is 1. The molecule has 0 saturated heterocycles. The molecule has 2 N–H and O–H groups in total. The lowest BCUT2D eigenvalue weighted by molar-refractivity contribution is -0.119. The van der Waals surface area contributed by atoms with Crippen molar-refractivity contribution >= 4 is 11.7 Å². The first-order chi connectivity index (χ1) is 7.13. The van der Waals surface area contributed by atoms with Crippen molar-refractivity contribution in [3.05, 3.63) is 23.9 Å². The molecule has 4 nitrogen and oxygen atoms in total. The second-order valence-electron chi connectivity index (χ2n) is 3.67. The predicted molar refractivity (Wildman–Crippen MR) is 60.7 cm³/mol. The zero-order chi connectivity index (χ0) is 11.3. The van der Waals surface area contributed by atoms with Crippen molar-refractivity contribution < 1.29 is 4.79 Å². The van der Waals surface area contributed by atoms with Gasteiger partial charge in [-0.1, -0.05) is 6.92 Å². The van der Waals surface area contributed by atoms with Crippen LogP contribution < -0.4 is 10.6 Å². The monoisotopic (exact) mass is 207 g/mol. The lowest BCUT2D eigenvalue weighted by Gasteiger charge is -2.10. The van der Waals surface area contributed by atoms with Gasteiger partial charge in [-0.3, -0.25) is 4.79 Å². The molecule has 1 rings (SSSR count). The molecule has 0 aliphatic heterocycles. The minimum absolute atomic E-state index is 0.0116. The summed E-state index contributed by atoms with van der Waals surface area (Å²) in [6.07, 6.45) is 1.69. The highest BCUT2D eigenvalue weighted by atomic mass is 16.1. The van der Waals surface area contributed by atoms with Crippen molar-refractivity contribution in [2.75, 3.05) is 18.9 Å². The summed E-state index contributed by atoms with van der Waals surface area (Å²) in [4.78, 5) is 15.7. The van der Waals surface area contributed by atoms with Crippen molar-refractivity contribution in [2.24, 2.45) is 5.92 Å². The highest BCUT2D eigenvalue weighted by Crippen LogP contribution is 2.06. The summed E-state index contributed by atoms with van der Waals surface area (Å²) in [6, 6.07) is 3.75. The number of carbonyl (C=O) groups excluding carboxylic acids is 1. The Kier molecular flexibility index (Phi) is 4.24. The number of carbonyl (C=O) groups is 1. The van der Waals surface area contributed by atoms with Gasteiger partial charge >= 0.3 is 0 Å². The van der Waals surface area contributed by atoms with Crippen LogP contribution >= 0.6 is 0 Å². The number of hydrogen-bond donors (Lipinski definition) is 2. The molecule has 1 aromatic rings. The maximum absolute atomic E-state index is 11.6. The van der Waals surface area contributed by atoms with E-state index in [4.69, 9.17) is 0 Å². The molecule has 4 heteroatoms. The van der Waals surface area contributed by atoms with E-state index in [1.165, 1.54) is 0 Å². The molecule has 1 aromatic heterocycles. The summed E-state index contributed by atoms with van der Waals surface area (Å²) < 4.78 is 0. The van der Waals surface area contributed by atoms with Crippen molar-refractivity contribution in [2.45, 2.75) is 13.8 Å². The Labute approximate surface area is 90.1 Å². The number of anilines is 1. The lowest BCUT2D eigenvalue weighted by atomic mass is 10.1. The minimum Gasteiger partial charge on any atom is -0.319 e. The van der Waals surface area contributed by atoms with Crippen LogP contribution in [0.2, 0.25) is 0 Å². The zero-order valence-corrected chi connectivity index (χ0v) is 9.37. The SMILES string of the molecule is CNCC(C)C(=O)Nc1cc(C)ccn1. The van der Waals surface area contributed by atoms with E-state index in [-0.39, 0.29) is 11.8 Å². The van der Waals surface area contributed by atoms with E-state index in [2.05, 4.69) is 15.6 Å². The molecule has 82 valence electrons. The highest BCUT2D eigenvalue weighted by Gasteiger charge is 2.11. The van der Waals surface area contributed by atoms with Gasteiger partial charge in [-0.05, 0) is 31.7 Å². The van der Waals surface area contributed by atoms with E-state index < -0.39 is 0 Å². The van der Waals surface area contributed by atoms with Crippen molar-refractivity contribution in [3.8, 4) is 0 Å². The molecule has 0 bridgehead atoms. The molecule has 1 heterocycles. The molecule has 0 aromatic carbocycles. The average Bonchev–Trinajstić information content (AvgIpc) is 2.18. The van der Waals surface area contributed by atoms with Gasteiger partial charge in [0.15, 0.2) is 0 Å². The minimum atomic E-state index is -0.0580. The van der Waals surface area contributed by atoms with Crippen molar-refractivity contribution in [1.82, 2.24) is 10.3 Å². The van der Waals surface area contributed by atoms with E-state index >= 15 is 0 Å². The van der Waals surface area contributed by atoms with Gasteiger partial charge in [-0.15, -0.1) is 0 Å². The topological polar surface area (TPSA) is 54.0 Å². The number of amides is 1. The molecule has 1 unspecified atom stereocenters. The maximum Gasteiger partial charge on any atom is 0.229 e. The van der Waals surface area contributed by atoms with E-state index in [9.17, 15) is 4.79 Å². The normalized spacial score (nSPS) is 12.2. The summed E-state index contributed by atoms with van der Waals surface area (Å²) in [5, 5.41) is 5.74. The Morgan fingerprint density at radius 2 is 2.33 bits per heavy atom. The summed E-state index contributed by atoms with van der Waals surface area (Å²) >= 11 is 0. The van der Waals surface area contributed by atoms with Gasteiger partial charge in [0.25, 0.3) is 0 Å². The quantitative estimate of drug-likeness (QED) is 0.779. The van der Waals surface area contributed by atoms with Crippen LogP contribution in [0.1, 0.15) is 12.5 Å². The largest absolute Gasteiger partial charge is 0.319 e. The van der Waals surface area contributed by atoms with Crippen molar-refractivity contribution in [1.29, 1.82) is 0 Å². The molecule has 1 amide bonds. The maximum atomic E-state index is 11.6. The second-order valence-corrected chi connectivity index (χ2v) is 3.67. The Hall–Kier alpha value is -1.42. The third kappa shape index (κ3) is 3.67. The molecular formula is C11H17N3O.